The van der Waals surface area contributed by atoms with Gasteiger partial charge in [-0.2, -0.15) is 4.31 Å². The van der Waals surface area contributed by atoms with Gasteiger partial charge in [-0.25, -0.2) is 8.42 Å². The topological polar surface area (TPSA) is 68.3 Å². The summed E-state index contributed by atoms with van der Waals surface area (Å²) in [5.74, 6) is 1.49. The molecule has 0 saturated carbocycles. The molecule has 7 nitrogen and oxygen atoms in total. The summed E-state index contributed by atoms with van der Waals surface area (Å²) in [7, 11) is -1.50. The fraction of sp³-hybridized carbons (Fsp3) is 0.647. The van der Waals surface area contributed by atoms with Gasteiger partial charge in [0.15, 0.2) is 11.5 Å². The zero-order chi connectivity index (χ0) is 17.4. The lowest BCUT2D eigenvalue weighted by Gasteiger charge is -2.40. The third kappa shape index (κ3) is 3.23. The van der Waals surface area contributed by atoms with Crippen LogP contribution in [0.25, 0.3) is 0 Å². The molecule has 138 valence electrons. The van der Waals surface area contributed by atoms with Crippen LogP contribution in [0.1, 0.15) is 6.42 Å². The molecule has 2 fully saturated rings. The van der Waals surface area contributed by atoms with E-state index in [9.17, 15) is 8.42 Å². The van der Waals surface area contributed by atoms with Gasteiger partial charge in [0.05, 0.1) is 18.1 Å². The summed E-state index contributed by atoms with van der Waals surface area (Å²) in [6.45, 7) is 4.21. The molecule has 0 aliphatic carbocycles. The molecular weight excluding hydrogens is 344 g/mol. The van der Waals surface area contributed by atoms with E-state index in [0.29, 0.717) is 56.9 Å². The van der Waals surface area contributed by atoms with Crippen LogP contribution in [-0.2, 0) is 14.8 Å². The molecule has 25 heavy (non-hydrogen) atoms. The Balaban J connectivity index is 1.58. The van der Waals surface area contributed by atoms with E-state index in [2.05, 4.69) is 4.90 Å². The third-order valence-corrected chi connectivity index (χ3v) is 7.18. The van der Waals surface area contributed by atoms with Crippen LogP contribution in [0.15, 0.2) is 23.1 Å². The van der Waals surface area contributed by atoms with Gasteiger partial charge < -0.3 is 14.2 Å². The minimum absolute atomic E-state index is 0.197. The molecule has 4 rings (SSSR count). The van der Waals surface area contributed by atoms with E-state index in [4.69, 9.17) is 14.2 Å². The Morgan fingerprint density at radius 2 is 1.88 bits per heavy atom. The average Bonchev–Trinajstić information content (AvgIpc) is 2.82. The van der Waals surface area contributed by atoms with Gasteiger partial charge >= 0.3 is 0 Å². The second kappa shape index (κ2) is 6.75. The molecule has 0 amide bonds. The summed E-state index contributed by atoms with van der Waals surface area (Å²) in [5.41, 5.74) is 0. The minimum atomic E-state index is -3.55. The predicted octanol–water partition coefficient (Wildman–Crippen LogP) is 0.799. The summed E-state index contributed by atoms with van der Waals surface area (Å²) in [4.78, 5) is 2.49. The molecule has 8 heteroatoms. The van der Waals surface area contributed by atoms with Crippen molar-refractivity contribution in [3.05, 3.63) is 18.2 Å². The van der Waals surface area contributed by atoms with Gasteiger partial charge in [-0.1, -0.05) is 0 Å². The van der Waals surface area contributed by atoms with E-state index in [0.717, 1.165) is 13.0 Å². The molecule has 3 aliphatic rings. The van der Waals surface area contributed by atoms with Crippen LogP contribution in [-0.4, -0.2) is 76.8 Å². The molecule has 0 bridgehead atoms. The van der Waals surface area contributed by atoms with Gasteiger partial charge in [0, 0.05) is 37.7 Å². The number of fused-ring (bicyclic) bond motifs is 2. The van der Waals surface area contributed by atoms with Crippen molar-refractivity contribution in [2.75, 3.05) is 53.1 Å². The number of sulfonamides is 1. The number of likely N-dealkylation sites (N-methyl/N-ethyl adjacent to an activating group) is 1. The number of piperidine rings is 1. The van der Waals surface area contributed by atoms with Crippen molar-refractivity contribution in [1.29, 1.82) is 0 Å². The van der Waals surface area contributed by atoms with Crippen LogP contribution >= 0.6 is 0 Å². The Labute approximate surface area is 148 Å². The first-order valence-corrected chi connectivity index (χ1v) is 10.2. The lowest BCUT2D eigenvalue weighted by molar-refractivity contribution is 0.0859. The standard InChI is InChI=1S/C17H24N2O5S/c1-18-6-7-22-12-13-4-5-19(11-15(13)18)25(20,21)14-2-3-16-17(10-14)24-9-8-23-16/h2-3,10,13,15H,4-9,11-12H2,1H3/t13-,15-/m1/s1. The van der Waals surface area contributed by atoms with Gasteiger partial charge in [-0.3, -0.25) is 4.90 Å². The van der Waals surface area contributed by atoms with Crippen molar-refractivity contribution < 1.29 is 22.6 Å². The minimum Gasteiger partial charge on any atom is -0.486 e. The molecule has 1 aromatic carbocycles. The van der Waals surface area contributed by atoms with Gasteiger partial charge in [-0.15, -0.1) is 0 Å². The van der Waals surface area contributed by atoms with Crippen molar-refractivity contribution in [2.24, 2.45) is 5.92 Å². The highest BCUT2D eigenvalue weighted by atomic mass is 32.2. The maximum absolute atomic E-state index is 13.1. The fourth-order valence-corrected chi connectivity index (χ4v) is 5.29. The summed E-state index contributed by atoms with van der Waals surface area (Å²) in [5, 5.41) is 0. The normalized spacial score (nSPS) is 28.2. The molecule has 0 unspecified atom stereocenters. The van der Waals surface area contributed by atoms with Crippen LogP contribution in [0.5, 0.6) is 11.5 Å². The Hall–Kier alpha value is -1.35. The van der Waals surface area contributed by atoms with Crippen LogP contribution < -0.4 is 9.47 Å². The second-order valence-electron chi connectivity index (χ2n) is 6.84. The predicted molar refractivity (Wildman–Crippen MR) is 91.5 cm³/mol. The number of rotatable bonds is 2. The SMILES string of the molecule is CN1CCOC[C@H]2CCN(S(=O)(=O)c3ccc4c(c3)OCCO4)C[C@H]21. The van der Waals surface area contributed by atoms with Gasteiger partial charge in [0.1, 0.15) is 13.2 Å². The lowest BCUT2D eigenvalue weighted by Crippen LogP contribution is -2.53. The van der Waals surface area contributed by atoms with Crippen molar-refractivity contribution in [1.82, 2.24) is 9.21 Å². The first-order valence-electron chi connectivity index (χ1n) is 8.73. The molecule has 0 aromatic heterocycles. The molecule has 2 atom stereocenters. The molecular formula is C17H24N2O5S. The number of hydrogen-bond donors (Lipinski definition) is 0. The van der Waals surface area contributed by atoms with Crippen LogP contribution in [0.2, 0.25) is 0 Å². The maximum atomic E-state index is 13.1. The van der Waals surface area contributed by atoms with Crippen molar-refractivity contribution in [3.63, 3.8) is 0 Å². The zero-order valence-electron chi connectivity index (χ0n) is 14.4. The van der Waals surface area contributed by atoms with Gasteiger partial charge in [0.25, 0.3) is 0 Å². The lowest BCUT2D eigenvalue weighted by atomic mass is 9.93. The van der Waals surface area contributed by atoms with Crippen LogP contribution in [0, 0.1) is 5.92 Å². The van der Waals surface area contributed by atoms with E-state index in [1.54, 1.807) is 22.5 Å². The van der Waals surface area contributed by atoms with E-state index in [1.807, 2.05) is 7.05 Å². The maximum Gasteiger partial charge on any atom is 0.243 e. The molecule has 3 aliphatic heterocycles. The van der Waals surface area contributed by atoms with E-state index in [-0.39, 0.29) is 10.9 Å². The second-order valence-corrected chi connectivity index (χ2v) is 8.78. The smallest absolute Gasteiger partial charge is 0.243 e. The summed E-state index contributed by atoms with van der Waals surface area (Å²) >= 11 is 0. The Kier molecular flexibility index (Phi) is 4.61. The molecule has 0 radical (unpaired) electrons. The van der Waals surface area contributed by atoms with E-state index >= 15 is 0 Å². The van der Waals surface area contributed by atoms with Crippen molar-refractivity contribution in [2.45, 2.75) is 17.4 Å². The number of ether oxygens (including phenoxy) is 3. The summed E-state index contributed by atoms with van der Waals surface area (Å²) in [6, 6.07) is 5.06. The summed E-state index contributed by atoms with van der Waals surface area (Å²) < 4.78 is 44.5. The Morgan fingerprint density at radius 1 is 1.08 bits per heavy atom. The Bertz CT molecular complexity index is 739. The summed E-state index contributed by atoms with van der Waals surface area (Å²) in [6.07, 6.45) is 0.818. The quantitative estimate of drug-likeness (QED) is 0.769. The molecule has 0 N–H and O–H groups in total. The monoisotopic (exact) mass is 368 g/mol. The van der Waals surface area contributed by atoms with E-state index < -0.39 is 10.0 Å². The molecule has 1 aromatic rings. The first kappa shape index (κ1) is 17.1. The number of benzene rings is 1. The number of nitrogens with zero attached hydrogens (tertiary/aromatic N) is 2. The number of hydrogen-bond acceptors (Lipinski definition) is 6. The van der Waals surface area contributed by atoms with Crippen LogP contribution in [0.3, 0.4) is 0 Å². The largest absolute Gasteiger partial charge is 0.486 e. The molecule has 3 heterocycles. The molecule has 2 saturated heterocycles. The fourth-order valence-electron chi connectivity index (χ4n) is 3.81. The van der Waals surface area contributed by atoms with Crippen LogP contribution in [0.4, 0.5) is 0 Å². The van der Waals surface area contributed by atoms with Gasteiger partial charge in [-0.05, 0) is 25.6 Å². The average molecular weight is 368 g/mol. The highest BCUT2D eigenvalue weighted by Gasteiger charge is 2.38. The van der Waals surface area contributed by atoms with Gasteiger partial charge in [0.2, 0.25) is 10.0 Å². The molecule has 0 spiro atoms. The first-order chi connectivity index (χ1) is 12.1. The van der Waals surface area contributed by atoms with Crippen molar-refractivity contribution >= 4 is 10.0 Å². The third-order valence-electron chi connectivity index (χ3n) is 5.32. The highest BCUT2D eigenvalue weighted by molar-refractivity contribution is 7.89. The van der Waals surface area contributed by atoms with Crippen molar-refractivity contribution in [3.8, 4) is 11.5 Å². The highest BCUT2D eigenvalue weighted by Crippen LogP contribution is 2.34. The Morgan fingerprint density at radius 3 is 2.72 bits per heavy atom. The zero-order valence-corrected chi connectivity index (χ0v) is 15.2. The van der Waals surface area contributed by atoms with E-state index in [1.165, 1.54) is 0 Å².